The SMILES string of the molecule is CC(=O)NCc1nn(C2CCCC2)c(=O)c2ccccc12. The largest absolute Gasteiger partial charge is 0.351 e. The Morgan fingerprint density at radius 3 is 2.62 bits per heavy atom. The van der Waals surface area contributed by atoms with Gasteiger partial charge in [0, 0.05) is 12.3 Å². The molecule has 1 fully saturated rings. The molecule has 110 valence electrons. The van der Waals surface area contributed by atoms with Gasteiger partial charge in [-0.05, 0) is 18.9 Å². The number of aromatic nitrogens is 2. The van der Waals surface area contributed by atoms with E-state index in [4.69, 9.17) is 0 Å². The molecule has 1 aliphatic rings. The number of benzene rings is 1. The first-order chi connectivity index (χ1) is 10.2. The van der Waals surface area contributed by atoms with Crippen LogP contribution in [0.4, 0.5) is 0 Å². The van der Waals surface area contributed by atoms with Gasteiger partial charge < -0.3 is 5.32 Å². The molecule has 5 nitrogen and oxygen atoms in total. The van der Waals surface area contributed by atoms with Crippen LogP contribution in [0.15, 0.2) is 29.1 Å². The van der Waals surface area contributed by atoms with Crippen LogP contribution in [-0.2, 0) is 11.3 Å². The van der Waals surface area contributed by atoms with E-state index in [0.717, 1.165) is 36.8 Å². The minimum absolute atomic E-state index is 0.0240. The van der Waals surface area contributed by atoms with Crippen LogP contribution >= 0.6 is 0 Å². The smallest absolute Gasteiger partial charge is 0.274 e. The summed E-state index contributed by atoms with van der Waals surface area (Å²) in [6.45, 7) is 1.83. The molecule has 3 rings (SSSR count). The van der Waals surface area contributed by atoms with Crippen molar-refractivity contribution in [2.45, 2.75) is 45.2 Å². The molecule has 0 unspecified atom stereocenters. The van der Waals surface area contributed by atoms with Gasteiger partial charge in [-0.25, -0.2) is 4.68 Å². The van der Waals surface area contributed by atoms with E-state index in [1.54, 1.807) is 4.68 Å². The van der Waals surface area contributed by atoms with Crippen molar-refractivity contribution in [2.24, 2.45) is 0 Å². The summed E-state index contributed by atoms with van der Waals surface area (Å²) in [7, 11) is 0. The summed E-state index contributed by atoms with van der Waals surface area (Å²) in [5.41, 5.74) is 0.733. The standard InChI is InChI=1S/C16H19N3O2/c1-11(20)17-10-15-13-8-4-5-9-14(13)16(21)19(18-15)12-6-2-3-7-12/h4-5,8-9,12H,2-3,6-7,10H2,1H3,(H,17,20). The van der Waals surface area contributed by atoms with Gasteiger partial charge >= 0.3 is 0 Å². The minimum atomic E-state index is -0.0977. The Morgan fingerprint density at radius 2 is 1.95 bits per heavy atom. The zero-order valence-corrected chi connectivity index (χ0v) is 12.1. The molecule has 1 N–H and O–H groups in total. The summed E-state index contributed by atoms with van der Waals surface area (Å²) in [5.74, 6) is -0.0977. The molecular weight excluding hydrogens is 266 g/mol. The van der Waals surface area contributed by atoms with Gasteiger partial charge in [0.05, 0.1) is 23.7 Å². The molecule has 0 aliphatic heterocycles. The quantitative estimate of drug-likeness (QED) is 0.939. The van der Waals surface area contributed by atoms with Crippen LogP contribution in [0.1, 0.15) is 44.3 Å². The van der Waals surface area contributed by atoms with E-state index in [1.165, 1.54) is 6.92 Å². The third-order valence-electron chi connectivity index (χ3n) is 4.08. The predicted octanol–water partition coefficient (Wildman–Crippen LogP) is 2.15. The predicted molar refractivity (Wildman–Crippen MR) is 81.0 cm³/mol. The molecule has 0 atom stereocenters. The third kappa shape index (κ3) is 2.68. The zero-order valence-electron chi connectivity index (χ0n) is 12.1. The monoisotopic (exact) mass is 285 g/mol. The van der Waals surface area contributed by atoms with E-state index < -0.39 is 0 Å². The van der Waals surface area contributed by atoms with Gasteiger partial charge in [0.25, 0.3) is 5.56 Å². The molecule has 0 radical (unpaired) electrons. The highest BCUT2D eigenvalue weighted by atomic mass is 16.1. The Morgan fingerprint density at radius 1 is 1.29 bits per heavy atom. The number of hydrogen-bond donors (Lipinski definition) is 1. The van der Waals surface area contributed by atoms with Crippen LogP contribution in [0, 0.1) is 0 Å². The number of carbonyl (C=O) groups excluding carboxylic acids is 1. The van der Waals surface area contributed by atoms with Crippen molar-refractivity contribution < 1.29 is 4.79 Å². The van der Waals surface area contributed by atoms with E-state index in [2.05, 4.69) is 10.4 Å². The van der Waals surface area contributed by atoms with Crippen molar-refractivity contribution in [3.05, 3.63) is 40.3 Å². The summed E-state index contributed by atoms with van der Waals surface area (Å²) in [4.78, 5) is 23.8. The van der Waals surface area contributed by atoms with Gasteiger partial charge in [-0.1, -0.05) is 31.0 Å². The van der Waals surface area contributed by atoms with Gasteiger partial charge in [0.15, 0.2) is 0 Å². The maximum atomic E-state index is 12.6. The van der Waals surface area contributed by atoms with Crippen molar-refractivity contribution in [1.82, 2.24) is 15.1 Å². The van der Waals surface area contributed by atoms with E-state index >= 15 is 0 Å². The molecule has 0 bridgehead atoms. The lowest BCUT2D eigenvalue weighted by Crippen LogP contribution is -2.29. The first kappa shape index (κ1) is 13.8. The van der Waals surface area contributed by atoms with Crippen LogP contribution in [0.3, 0.4) is 0 Å². The summed E-state index contributed by atoms with van der Waals surface area (Å²) in [5, 5.41) is 8.82. The molecule has 1 aliphatic carbocycles. The summed E-state index contributed by atoms with van der Waals surface area (Å²) in [6, 6.07) is 7.67. The van der Waals surface area contributed by atoms with E-state index in [-0.39, 0.29) is 17.5 Å². The molecule has 5 heteroatoms. The molecule has 2 aromatic rings. The van der Waals surface area contributed by atoms with Crippen LogP contribution in [0.5, 0.6) is 0 Å². The highest BCUT2D eigenvalue weighted by Crippen LogP contribution is 2.28. The number of nitrogens with zero attached hydrogens (tertiary/aromatic N) is 2. The van der Waals surface area contributed by atoms with Crippen molar-refractivity contribution in [3.8, 4) is 0 Å². The summed E-state index contributed by atoms with van der Waals surface area (Å²) < 4.78 is 1.63. The lowest BCUT2D eigenvalue weighted by Gasteiger charge is -2.15. The van der Waals surface area contributed by atoms with Crippen LogP contribution < -0.4 is 10.9 Å². The van der Waals surface area contributed by atoms with Crippen molar-refractivity contribution in [3.63, 3.8) is 0 Å². The van der Waals surface area contributed by atoms with Crippen LogP contribution in [-0.4, -0.2) is 15.7 Å². The van der Waals surface area contributed by atoms with Gasteiger partial charge in [-0.3, -0.25) is 9.59 Å². The molecule has 1 aromatic heterocycles. The Hall–Kier alpha value is -2.17. The molecule has 1 amide bonds. The lowest BCUT2D eigenvalue weighted by molar-refractivity contribution is -0.119. The third-order valence-corrected chi connectivity index (χ3v) is 4.08. The Labute approximate surface area is 123 Å². The second-order valence-corrected chi connectivity index (χ2v) is 5.59. The molecule has 0 spiro atoms. The fraction of sp³-hybridized carbons (Fsp3) is 0.438. The number of fused-ring (bicyclic) bond motifs is 1. The molecule has 1 heterocycles. The van der Waals surface area contributed by atoms with Crippen molar-refractivity contribution in [1.29, 1.82) is 0 Å². The average molecular weight is 285 g/mol. The van der Waals surface area contributed by atoms with Crippen LogP contribution in [0.2, 0.25) is 0 Å². The normalized spacial score (nSPS) is 15.5. The number of amides is 1. The molecular formula is C16H19N3O2. The second kappa shape index (κ2) is 5.68. The van der Waals surface area contributed by atoms with E-state index in [0.29, 0.717) is 11.9 Å². The Kier molecular flexibility index (Phi) is 3.73. The number of nitrogens with one attached hydrogen (secondary N) is 1. The summed E-state index contributed by atoms with van der Waals surface area (Å²) >= 11 is 0. The lowest BCUT2D eigenvalue weighted by atomic mass is 10.1. The van der Waals surface area contributed by atoms with Gasteiger partial charge in [-0.2, -0.15) is 5.10 Å². The first-order valence-electron chi connectivity index (χ1n) is 7.41. The van der Waals surface area contributed by atoms with Crippen molar-refractivity contribution in [2.75, 3.05) is 0 Å². The number of hydrogen-bond acceptors (Lipinski definition) is 3. The van der Waals surface area contributed by atoms with E-state index in [9.17, 15) is 9.59 Å². The molecule has 0 saturated heterocycles. The summed E-state index contributed by atoms with van der Waals surface area (Å²) in [6.07, 6.45) is 4.30. The Bertz CT molecular complexity index is 730. The number of rotatable bonds is 3. The first-order valence-corrected chi connectivity index (χ1v) is 7.41. The topological polar surface area (TPSA) is 64.0 Å². The van der Waals surface area contributed by atoms with Gasteiger partial charge in [0.1, 0.15) is 0 Å². The molecule has 21 heavy (non-hydrogen) atoms. The highest BCUT2D eigenvalue weighted by Gasteiger charge is 2.21. The fourth-order valence-corrected chi connectivity index (χ4v) is 3.01. The van der Waals surface area contributed by atoms with E-state index in [1.807, 2.05) is 24.3 Å². The Balaban J connectivity index is 2.13. The molecule has 1 aromatic carbocycles. The van der Waals surface area contributed by atoms with Crippen LogP contribution in [0.25, 0.3) is 10.8 Å². The minimum Gasteiger partial charge on any atom is -0.351 e. The zero-order chi connectivity index (χ0) is 14.8. The average Bonchev–Trinajstić information content (AvgIpc) is 3.01. The second-order valence-electron chi connectivity index (χ2n) is 5.59. The molecule has 1 saturated carbocycles. The number of carbonyl (C=O) groups is 1. The fourth-order valence-electron chi connectivity index (χ4n) is 3.01. The maximum Gasteiger partial charge on any atom is 0.274 e. The van der Waals surface area contributed by atoms with Gasteiger partial charge in [0.2, 0.25) is 5.91 Å². The van der Waals surface area contributed by atoms with Gasteiger partial charge in [-0.15, -0.1) is 0 Å². The maximum absolute atomic E-state index is 12.6. The van der Waals surface area contributed by atoms with Crippen molar-refractivity contribution >= 4 is 16.7 Å². The highest BCUT2D eigenvalue weighted by molar-refractivity contribution is 5.84.